The lowest BCUT2D eigenvalue weighted by atomic mass is 10.00. The lowest BCUT2D eigenvalue weighted by Gasteiger charge is -2.27. The van der Waals surface area contributed by atoms with Gasteiger partial charge in [0.15, 0.2) is 11.5 Å². The van der Waals surface area contributed by atoms with Crippen molar-refractivity contribution in [3.05, 3.63) is 91.4 Å². The Morgan fingerprint density at radius 1 is 0.588 bits per heavy atom. The van der Waals surface area contributed by atoms with E-state index in [-0.39, 0.29) is 52.5 Å². The number of carbonyl (C=O) groups is 6. The molecule has 0 spiro atoms. The Morgan fingerprint density at radius 3 is 1.41 bits per heavy atom. The molecule has 6 rings (SSSR count). The van der Waals surface area contributed by atoms with E-state index in [2.05, 4.69) is 20.8 Å². The molecule has 0 aliphatic carbocycles. The van der Waals surface area contributed by atoms with Crippen molar-refractivity contribution in [2.45, 2.75) is 151 Å². The fraction of sp³-hybridized carbons (Fsp3) is 0.462. The van der Waals surface area contributed by atoms with E-state index < -0.39 is 47.5 Å². The van der Waals surface area contributed by atoms with Gasteiger partial charge in [-0.1, -0.05) is 194 Å². The summed E-state index contributed by atoms with van der Waals surface area (Å²) in [7, 11) is 0. The normalized spacial score (nSPS) is 15.6. The summed E-state index contributed by atoms with van der Waals surface area (Å²) in [4.78, 5) is 86.6. The van der Waals surface area contributed by atoms with Gasteiger partial charge in [0.05, 0.1) is 59.6 Å². The quantitative estimate of drug-likeness (QED) is 0.0297. The molecule has 0 bridgehead atoms. The first-order valence-corrected chi connectivity index (χ1v) is 27.2. The van der Waals surface area contributed by atoms with Gasteiger partial charge in [-0.05, 0) is 49.1 Å². The number of rotatable bonds is 24. The summed E-state index contributed by atoms with van der Waals surface area (Å²) in [5.41, 5.74) is 7.20. The van der Waals surface area contributed by atoms with Gasteiger partial charge in [0.2, 0.25) is 0 Å². The standard InChI is InChI=1S/C52H63N3O9S4/c1-7-13-22-32(10-4)31-62-50(61)37(45(53)56)51-65-41-39(63-48(59)35(11-5)27-14-8-2)43-44(40(42(41)66-51)64-49(60)36(12-6)28-15-9-3)68-52(67-43)38-46(57)54(29-33-23-18-16-19-24-33)55(47(38)58)30-34-25-20-17-21-26-34/h16-21,23-26,32,35-36H,7-15,22,27-31H2,1-6H3,(H2,53,56). The number of nitrogens with two attached hydrogens (primary N) is 1. The van der Waals surface area contributed by atoms with Crippen molar-refractivity contribution in [2.24, 2.45) is 23.5 Å². The zero-order valence-corrected chi connectivity index (χ0v) is 43.2. The average Bonchev–Trinajstić information content (AvgIpc) is 4.03. The number of nitrogens with zero attached hydrogens (tertiary/aromatic N) is 2. The average molecular weight is 1000 g/mol. The molecule has 0 saturated carbocycles. The fourth-order valence-corrected chi connectivity index (χ4v) is 13.6. The number of fused-ring (bicyclic) bond motifs is 2. The SMILES string of the molecule is CCCCC(CC)COC(=O)C(C(N)=O)=C1Sc2c(OC(=O)C(CC)CCCC)c3c(c(OC(=O)C(CC)CCCC)c2S1)SC(=C1C(=O)N(Cc2ccccc2)N(Cc2ccccc2)C1=O)S3. The zero-order chi connectivity index (χ0) is 48.9. The van der Waals surface area contributed by atoms with E-state index in [1.54, 1.807) is 0 Å². The Kier molecular flexibility index (Phi) is 19.6. The number of amides is 3. The summed E-state index contributed by atoms with van der Waals surface area (Å²) >= 11 is 4.23. The maximum atomic E-state index is 14.8. The van der Waals surface area contributed by atoms with Gasteiger partial charge in [-0.25, -0.2) is 14.8 Å². The number of primary amides is 1. The van der Waals surface area contributed by atoms with Gasteiger partial charge in [-0.15, -0.1) is 0 Å². The maximum absolute atomic E-state index is 14.8. The van der Waals surface area contributed by atoms with Crippen LogP contribution in [0.25, 0.3) is 0 Å². The minimum Gasteiger partial charge on any atom is -0.462 e. The van der Waals surface area contributed by atoms with Crippen LogP contribution in [0.3, 0.4) is 0 Å². The summed E-state index contributed by atoms with van der Waals surface area (Å²) in [5.74, 6) is -4.36. The molecule has 1 fully saturated rings. The summed E-state index contributed by atoms with van der Waals surface area (Å²) in [6, 6.07) is 18.9. The van der Waals surface area contributed by atoms with Gasteiger partial charge >= 0.3 is 17.9 Å². The van der Waals surface area contributed by atoms with Crippen LogP contribution in [0.2, 0.25) is 0 Å². The molecule has 3 amide bonds. The molecule has 3 aliphatic rings. The number of unbranched alkanes of at least 4 members (excludes halogenated alkanes) is 3. The number of ether oxygens (including phenoxy) is 3. The molecule has 1 saturated heterocycles. The Morgan fingerprint density at radius 2 is 1.01 bits per heavy atom. The van der Waals surface area contributed by atoms with E-state index in [9.17, 15) is 28.8 Å². The van der Waals surface area contributed by atoms with Crippen molar-refractivity contribution in [3.8, 4) is 11.5 Å². The molecule has 3 heterocycles. The van der Waals surface area contributed by atoms with Crippen LogP contribution in [-0.2, 0) is 46.6 Å². The van der Waals surface area contributed by atoms with Gasteiger partial charge in [0, 0.05) is 0 Å². The molecule has 3 aromatic rings. The van der Waals surface area contributed by atoms with Gasteiger partial charge in [0.1, 0.15) is 11.1 Å². The summed E-state index contributed by atoms with van der Waals surface area (Å²) < 4.78 is 19.2. The molecule has 0 aromatic heterocycles. The predicted octanol–water partition coefficient (Wildman–Crippen LogP) is 12.0. The second-order valence-electron chi connectivity index (χ2n) is 17.1. The van der Waals surface area contributed by atoms with Crippen LogP contribution in [0.5, 0.6) is 11.5 Å². The fourth-order valence-electron chi connectivity index (χ4n) is 8.06. The molecule has 16 heteroatoms. The number of benzene rings is 3. The zero-order valence-electron chi connectivity index (χ0n) is 39.9. The minimum absolute atomic E-state index is 0.0643. The molecule has 68 heavy (non-hydrogen) atoms. The second-order valence-corrected chi connectivity index (χ2v) is 21.7. The molecule has 2 N–H and O–H groups in total. The van der Waals surface area contributed by atoms with Crippen LogP contribution in [0.1, 0.15) is 130 Å². The van der Waals surface area contributed by atoms with Gasteiger partial charge < -0.3 is 19.9 Å². The van der Waals surface area contributed by atoms with Crippen molar-refractivity contribution >= 4 is 82.7 Å². The van der Waals surface area contributed by atoms with Gasteiger partial charge in [-0.2, -0.15) is 0 Å². The van der Waals surface area contributed by atoms with Crippen LogP contribution >= 0.6 is 47.0 Å². The molecular weight excluding hydrogens is 939 g/mol. The minimum atomic E-state index is -0.991. The first kappa shape index (κ1) is 52.7. The van der Waals surface area contributed by atoms with E-state index in [0.29, 0.717) is 49.5 Å². The summed E-state index contributed by atoms with van der Waals surface area (Å²) in [6.45, 7) is 12.5. The number of carbonyl (C=O) groups excluding carboxylic acids is 6. The number of esters is 3. The van der Waals surface area contributed by atoms with Crippen LogP contribution in [0, 0.1) is 17.8 Å². The molecule has 12 nitrogen and oxygen atoms in total. The highest BCUT2D eigenvalue weighted by Crippen LogP contribution is 2.69. The largest absolute Gasteiger partial charge is 0.462 e. The van der Waals surface area contributed by atoms with Crippen LogP contribution in [-0.4, -0.2) is 52.3 Å². The first-order valence-electron chi connectivity index (χ1n) is 23.9. The van der Waals surface area contributed by atoms with Crippen LogP contribution in [0.4, 0.5) is 0 Å². The smallest absolute Gasteiger partial charge is 0.345 e. The third kappa shape index (κ3) is 12.4. The third-order valence-electron chi connectivity index (χ3n) is 12.3. The highest BCUT2D eigenvalue weighted by Gasteiger charge is 2.47. The number of hydrogen-bond acceptors (Lipinski definition) is 13. The summed E-state index contributed by atoms with van der Waals surface area (Å²) in [5, 5.41) is 2.91. The molecule has 3 unspecified atom stereocenters. The topological polar surface area (TPSA) is 163 Å². The summed E-state index contributed by atoms with van der Waals surface area (Å²) in [6.07, 6.45) is 9.21. The van der Waals surface area contributed by atoms with Crippen molar-refractivity contribution in [3.63, 3.8) is 0 Å². The monoisotopic (exact) mass is 1000 g/mol. The number of thioether (sulfide) groups is 4. The molecule has 3 aromatic carbocycles. The lowest BCUT2D eigenvalue weighted by Crippen LogP contribution is -2.39. The highest BCUT2D eigenvalue weighted by atomic mass is 32.2. The predicted molar refractivity (Wildman–Crippen MR) is 269 cm³/mol. The van der Waals surface area contributed by atoms with E-state index in [0.717, 1.165) is 110 Å². The molecule has 364 valence electrons. The Balaban J connectivity index is 1.52. The van der Waals surface area contributed by atoms with Crippen molar-refractivity contribution in [1.29, 1.82) is 0 Å². The van der Waals surface area contributed by atoms with E-state index in [1.165, 1.54) is 10.0 Å². The molecular formula is C52H63N3O9S4. The lowest BCUT2D eigenvalue weighted by molar-refractivity contribution is -0.149. The number of hydrogen-bond donors (Lipinski definition) is 1. The maximum Gasteiger partial charge on any atom is 0.345 e. The van der Waals surface area contributed by atoms with Gasteiger partial charge in [-0.3, -0.25) is 24.0 Å². The molecule has 3 atom stereocenters. The Labute approximate surface area is 417 Å². The van der Waals surface area contributed by atoms with E-state index >= 15 is 0 Å². The number of hydrazine groups is 1. The van der Waals surface area contributed by atoms with Crippen molar-refractivity contribution in [1.82, 2.24) is 10.0 Å². The Bertz CT molecular complexity index is 2270. The van der Waals surface area contributed by atoms with Gasteiger partial charge in [0.25, 0.3) is 17.7 Å². The highest BCUT2D eigenvalue weighted by molar-refractivity contribution is 8.26. The van der Waals surface area contributed by atoms with Crippen LogP contribution in [0.15, 0.2) is 99.9 Å². The van der Waals surface area contributed by atoms with E-state index in [1.807, 2.05) is 81.4 Å². The third-order valence-corrected chi connectivity index (χ3v) is 17.5. The van der Waals surface area contributed by atoms with Crippen LogP contribution < -0.4 is 15.2 Å². The molecule has 0 radical (unpaired) electrons. The molecule has 3 aliphatic heterocycles. The Hall–Kier alpha value is -4.64. The van der Waals surface area contributed by atoms with Crippen molar-refractivity contribution < 1.29 is 43.0 Å². The first-order chi connectivity index (χ1) is 32.9. The second kappa shape index (κ2) is 25.3. The van der Waals surface area contributed by atoms with Crippen molar-refractivity contribution in [2.75, 3.05) is 6.61 Å². The van der Waals surface area contributed by atoms with E-state index in [4.69, 9.17) is 19.9 Å².